The highest BCUT2D eigenvalue weighted by Crippen LogP contribution is 2.20. The molecule has 0 radical (unpaired) electrons. The fraction of sp³-hybridized carbons (Fsp3) is 0.529. The van der Waals surface area contributed by atoms with Crippen LogP contribution in [0.3, 0.4) is 0 Å². The summed E-state index contributed by atoms with van der Waals surface area (Å²) >= 11 is 0. The van der Waals surface area contributed by atoms with Gasteiger partial charge in [0.15, 0.2) is 6.61 Å². The van der Waals surface area contributed by atoms with Crippen molar-refractivity contribution in [1.82, 2.24) is 15.5 Å². The van der Waals surface area contributed by atoms with Crippen LogP contribution in [-0.2, 0) is 4.79 Å². The number of hydrogen-bond acceptors (Lipinski definition) is 3. The highest BCUT2D eigenvalue weighted by Gasteiger charge is 2.08. The molecule has 6 heteroatoms. The van der Waals surface area contributed by atoms with Crippen LogP contribution in [-0.4, -0.2) is 49.6 Å². The van der Waals surface area contributed by atoms with E-state index in [1.54, 1.807) is 4.90 Å². The van der Waals surface area contributed by atoms with E-state index in [0.717, 1.165) is 16.9 Å². The summed E-state index contributed by atoms with van der Waals surface area (Å²) in [6.07, 6.45) is 0. The summed E-state index contributed by atoms with van der Waals surface area (Å²) in [6, 6.07) is 5.63. The summed E-state index contributed by atoms with van der Waals surface area (Å²) in [5, 5.41) is 5.48. The van der Waals surface area contributed by atoms with Crippen molar-refractivity contribution in [2.75, 3.05) is 32.8 Å². The van der Waals surface area contributed by atoms with Gasteiger partial charge < -0.3 is 20.3 Å². The van der Waals surface area contributed by atoms with Gasteiger partial charge in [0.1, 0.15) is 5.75 Å². The number of nitrogens with zero attached hydrogens (tertiary/aromatic N) is 1. The van der Waals surface area contributed by atoms with Crippen LogP contribution in [0.15, 0.2) is 18.2 Å². The third-order valence-corrected chi connectivity index (χ3v) is 3.69. The van der Waals surface area contributed by atoms with Gasteiger partial charge in [-0.25, -0.2) is 4.79 Å². The second-order valence-corrected chi connectivity index (χ2v) is 5.24. The van der Waals surface area contributed by atoms with Crippen molar-refractivity contribution >= 4 is 11.9 Å². The molecule has 23 heavy (non-hydrogen) atoms. The zero-order valence-corrected chi connectivity index (χ0v) is 14.4. The number of urea groups is 1. The van der Waals surface area contributed by atoms with Gasteiger partial charge in [-0.1, -0.05) is 12.1 Å². The average molecular weight is 321 g/mol. The number of hydrogen-bond donors (Lipinski definition) is 2. The Morgan fingerprint density at radius 1 is 1.09 bits per heavy atom. The van der Waals surface area contributed by atoms with E-state index in [-0.39, 0.29) is 18.5 Å². The Balaban J connectivity index is 2.25. The van der Waals surface area contributed by atoms with Gasteiger partial charge in [-0.2, -0.15) is 0 Å². The Hall–Kier alpha value is -2.24. The Morgan fingerprint density at radius 2 is 1.74 bits per heavy atom. The van der Waals surface area contributed by atoms with Crippen molar-refractivity contribution < 1.29 is 14.3 Å². The Morgan fingerprint density at radius 3 is 2.39 bits per heavy atom. The molecule has 1 aromatic rings. The number of carbonyl (C=O) groups excluding carboxylic acids is 2. The Kier molecular flexibility index (Phi) is 7.94. The third-order valence-electron chi connectivity index (χ3n) is 3.69. The molecule has 0 atom stereocenters. The lowest BCUT2D eigenvalue weighted by molar-refractivity contribution is -0.123. The molecule has 0 fully saturated rings. The zero-order valence-electron chi connectivity index (χ0n) is 14.4. The molecule has 0 aromatic heterocycles. The number of nitrogens with one attached hydrogen (secondary N) is 2. The van der Waals surface area contributed by atoms with Crippen LogP contribution in [0.2, 0.25) is 0 Å². The Bertz CT molecular complexity index is 528. The van der Waals surface area contributed by atoms with Gasteiger partial charge in [-0.05, 0) is 44.9 Å². The van der Waals surface area contributed by atoms with E-state index in [2.05, 4.69) is 10.6 Å². The highest BCUT2D eigenvalue weighted by atomic mass is 16.5. The maximum atomic E-state index is 11.7. The van der Waals surface area contributed by atoms with Crippen LogP contribution in [0, 0.1) is 13.8 Å². The molecular formula is C17H27N3O3. The van der Waals surface area contributed by atoms with Gasteiger partial charge >= 0.3 is 6.03 Å². The molecule has 2 N–H and O–H groups in total. The topological polar surface area (TPSA) is 70.7 Å². The average Bonchev–Trinajstić information content (AvgIpc) is 2.54. The second kappa shape index (κ2) is 9.71. The third kappa shape index (κ3) is 6.18. The predicted molar refractivity (Wildman–Crippen MR) is 90.7 cm³/mol. The summed E-state index contributed by atoms with van der Waals surface area (Å²) in [7, 11) is 0. The van der Waals surface area contributed by atoms with Crippen LogP contribution in [0.4, 0.5) is 4.79 Å². The lowest BCUT2D eigenvalue weighted by Gasteiger charge is -2.19. The zero-order chi connectivity index (χ0) is 17.2. The molecule has 0 spiro atoms. The van der Waals surface area contributed by atoms with E-state index < -0.39 is 0 Å². The van der Waals surface area contributed by atoms with Crippen LogP contribution in [0.25, 0.3) is 0 Å². The molecule has 0 aliphatic rings. The van der Waals surface area contributed by atoms with Gasteiger partial charge in [-0.15, -0.1) is 0 Å². The van der Waals surface area contributed by atoms with Crippen LogP contribution < -0.4 is 15.4 Å². The molecule has 0 heterocycles. The predicted octanol–water partition coefficient (Wildman–Crippen LogP) is 1.85. The maximum Gasteiger partial charge on any atom is 0.317 e. The Labute approximate surface area is 138 Å². The molecule has 0 aliphatic carbocycles. The standard InChI is InChI=1S/C17H27N3O3/c1-5-20(6-2)17(22)19-11-10-18-16(21)12-23-15-9-7-8-13(3)14(15)4/h7-9H,5-6,10-12H2,1-4H3,(H,18,21)(H,19,22). The second-order valence-electron chi connectivity index (χ2n) is 5.24. The van der Waals surface area contributed by atoms with E-state index in [9.17, 15) is 9.59 Å². The first-order valence-corrected chi connectivity index (χ1v) is 7.98. The van der Waals surface area contributed by atoms with Crippen LogP contribution in [0.1, 0.15) is 25.0 Å². The van der Waals surface area contributed by atoms with Crippen LogP contribution in [0.5, 0.6) is 5.75 Å². The van der Waals surface area contributed by atoms with Gasteiger partial charge in [0.25, 0.3) is 5.91 Å². The van der Waals surface area contributed by atoms with E-state index >= 15 is 0 Å². The minimum atomic E-state index is -0.206. The monoisotopic (exact) mass is 321 g/mol. The number of amides is 3. The summed E-state index contributed by atoms with van der Waals surface area (Å²) in [6.45, 7) is 9.88. The highest BCUT2D eigenvalue weighted by molar-refractivity contribution is 5.77. The first kappa shape index (κ1) is 18.8. The molecule has 1 rings (SSSR count). The molecule has 128 valence electrons. The van der Waals surface area contributed by atoms with Crippen molar-refractivity contribution in [3.63, 3.8) is 0 Å². The SMILES string of the molecule is CCN(CC)C(=O)NCCNC(=O)COc1cccc(C)c1C. The minimum absolute atomic E-state index is 0.0334. The maximum absolute atomic E-state index is 11.7. The molecule has 0 bridgehead atoms. The number of aryl methyl sites for hydroxylation is 1. The quantitative estimate of drug-likeness (QED) is 0.718. The fourth-order valence-electron chi connectivity index (χ4n) is 2.07. The first-order chi connectivity index (χ1) is 11.0. The molecule has 0 saturated carbocycles. The fourth-order valence-corrected chi connectivity index (χ4v) is 2.07. The van der Waals surface area contributed by atoms with Gasteiger partial charge in [0.05, 0.1) is 0 Å². The van der Waals surface area contributed by atoms with E-state index in [4.69, 9.17) is 4.74 Å². The van der Waals surface area contributed by atoms with Gasteiger partial charge in [0.2, 0.25) is 0 Å². The summed E-state index contributed by atoms with van der Waals surface area (Å²) in [5.41, 5.74) is 2.16. The molecule has 0 aliphatic heterocycles. The van der Waals surface area contributed by atoms with Gasteiger partial charge in [0, 0.05) is 26.2 Å². The number of rotatable bonds is 8. The lowest BCUT2D eigenvalue weighted by atomic mass is 10.1. The normalized spacial score (nSPS) is 10.1. The number of benzene rings is 1. The van der Waals surface area contributed by atoms with Crippen molar-refractivity contribution in [1.29, 1.82) is 0 Å². The van der Waals surface area contributed by atoms with Crippen molar-refractivity contribution in [2.24, 2.45) is 0 Å². The largest absolute Gasteiger partial charge is 0.483 e. The van der Waals surface area contributed by atoms with E-state index in [0.29, 0.717) is 26.2 Å². The number of ether oxygens (including phenoxy) is 1. The van der Waals surface area contributed by atoms with Crippen molar-refractivity contribution in [3.05, 3.63) is 29.3 Å². The molecule has 0 saturated heterocycles. The minimum Gasteiger partial charge on any atom is -0.483 e. The molecule has 0 unspecified atom stereocenters. The molecule has 1 aromatic carbocycles. The smallest absolute Gasteiger partial charge is 0.317 e. The van der Waals surface area contributed by atoms with Crippen molar-refractivity contribution in [3.8, 4) is 5.75 Å². The summed E-state index contributed by atoms with van der Waals surface area (Å²) < 4.78 is 5.52. The van der Waals surface area contributed by atoms with E-state index in [1.165, 1.54) is 0 Å². The summed E-state index contributed by atoms with van der Waals surface area (Å²) in [4.78, 5) is 25.1. The van der Waals surface area contributed by atoms with Gasteiger partial charge in [-0.3, -0.25) is 4.79 Å². The van der Waals surface area contributed by atoms with E-state index in [1.807, 2.05) is 45.9 Å². The number of carbonyl (C=O) groups is 2. The molecule has 3 amide bonds. The van der Waals surface area contributed by atoms with Crippen molar-refractivity contribution in [2.45, 2.75) is 27.7 Å². The van der Waals surface area contributed by atoms with Crippen LogP contribution >= 0.6 is 0 Å². The summed E-state index contributed by atoms with van der Waals surface area (Å²) in [5.74, 6) is 0.512. The molecular weight excluding hydrogens is 294 g/mol. The first-order valence-electron chi connectivity index (χ1n) is 7.98. The lowest BCUT2D eigenvalue weighted by Crippen LogP contribution is -2.43. The molecule has 6 nitrogen and oxygen atoms in total.